The predicted molar refractivity (Wildman–Crippen MR) is 87.6 cm³/mol. The van der Waals surface area contributed by atoms with Crippen LogP contribution in [0.5, 0.6) is 0 Å². The first-order valence-corrected chi connectivity index (χ1v) is 8.90. The van der Waals surface area contributed by atoms with Crippen LogP contribution in [0.1, 0.15) is 18.4 Å². The van der Waals surface area contributed by atoms with Crippen molar-refractivity contribution in [2.75, 3.05) is 5.32 Å². The smallest absolute Gasteiger partial charge is 0.326 e. The fraction of sp³-hybridized carbons (Fsp3) is 0.235. The van der Waals surface area contributed by atoms with Crippen molar-refractivity contribution < 1.29 is 22.0 Å². The molecule has 2 aromatic rings. The monoisotopic (exact) mass is 353 g/mol. The number of benzene rings is 2. The van der Waals surface area contributed by atoms with Crippen LogP contribution < -0.4 is 5.32 Å². The molecule has 2 rings (SSSR count). The predicted octanol–water partition coefficient (Wildman–Crippen LogP) is 3.64. The quantitative estimate of drug-likeness (QED) is 0.826. The van der Waals surface area contributed by atoms with Crippen molar-refractivity contribution in [3.05, 3.63) is 60.2 Å². The van der Waals surface area contributed by atoms with Crippen LogP contribution in [0, 0.1) is 0 Å². The molecule has 1 amide bonds. The summed E-state index contributed by atoms with van der Waals surface area (Å²) in [5.74, 6) is -3.67. The standard InChI is InChI=1S/C17H17F2NO3S/c18-17(19)24(22,23)15-11-9-14(10-12-15)20-16(21)8-4-7-13-5-2-1-3-6-13/h1-3,5-6,9-12,17H,4,7-8H2,(H,20,21). The van der Waals surface area contributed by atoms with Gasteiger partial charge in [-0.05, 0) is 42.7 Å². The van der Waals surface area contributed by atoms with Crippen molar-refractivity contribution in [3.63, 3.8) is 0 Å². The number of carbonyl (C=O) groups excluding carboxylic acids is 1. The number of aryl methyl sites for hydroxylation is 1. The molecule has 0 aliphatic heterocycles. The molecule has 0 atom stereocenters. The maximum absolute atomic E-state index is 12.4. The van der Waals surface area contributed by atoms with Crippen molar-refractivity contribution in [2.24, 2.45) is 0 Å². The second-order valence-electron chi connectivity index (χ2n) is 5.22. The molecule has 4 nitrogen and oxygen atoms in total. The van der Waals surface area contributed by atoms with Gasteiger partial charge < -0.3 is 5.32 Å². The number of hydrogen-bond acceptors (Lipinski definition) is 3. The van der Waals surface area contributed by atoms with Crippen LogP contribution in [0.15, 0.2) is 59.5 Å². The number of sulfone groups is 1. The normalized spacial score (nSPS) is 11.5. The molecule has 1 N–H and O–H groups in total. The molecule has 0 bridgehead atoms. The second kappa shape index (κ2) is 8.01. The van der Waals surface area contributed by atoms with E-state index in [0.717, 1.165) is 24.1 Å². The molecule has 0 unspecified atom stereocenters. The second-order valence-corrected chi connectivity index (χ2v) is 7.14. The van der Waals surface area contributed by atoms with Gasteiger partial charge in [0.15, 0.2) is 0 Å². The van der Waals surface area contributed by atoms with E-state index in [1.807, 2.05) is 30.3 Å². The minimum Gasteiger partial charge on any atom is -0.326 e. The van der Waals surface area contributed by atoms with E-state index in [1.54, 1.807) is 0 Å². The van der Waals surface area contributed by atoms with Gasteiger partial charge in [-0.25, -0.2) is 8.42 Å². The number of rotatable bonds is 7. The maximum atomic E-state index is 12.4. The van der Waals surface area contributed by atoms with Crippen molar-refractivity contribution in [2.45, 2.75) is 29.9 Å². The van der Waals surface area contributed by atoms with E-state index < -0.39 is 20.5 Å². The van der Waals surface area contributed by atoms with Crippen LogP contribution in [-0.4, -0.2) is 20.1 Å². The van der Waals surface area contributed by atoms with Gasteiger partial charge in [0, 0.05) is 12.1 Å². The molecule has 0 fully saturated rings. The van der Waals surface area contributed by atoms with E-state index in [1.165, 1.54) is 12.1 Å². The molecule has 0 spiro atoms. The molecule has 128 valence electrons. The van der Waals surface area contributed by atoms with Gasteiger partial charge in [-0.1, -0.05) is 30.3 Å². The molecule has 7 heteroatoms. The minimum absolute atomic E-state index is 0.213. The summed E-state index contributed by atoms with van der Waals surface area (Å²) in [5.41, 5.74) is 1.51. The first-order valence-electron chi connectivity index (χ1n) is 7.35. The molecule has 0 saturated heterocycles. The first-order chi connectivity index (χ1) is 11.4. The molecule has 0 radical (unpaired) electrons. The Labute approximate surface area is 139 Å². The summed E-state index contributed by atoms with van der Waals surface area (Å²) in [7, 11) is -4.61. The van der Waals surface area contributed by atoms with Gasteiger partial charge in [0.2, 0.25) is 15.7 Å². The van der Waals surface area contributed by atoms with E-state index in [2.05, 4.69) is 5.32 Å². The zero-order valence-electron chi connectivity index (χ0n) is 12.8. The average molecular weight is 353 g/mol. The molecule has 0 saturated carbocycles. The molecule has 2 aromatic carbocycles. The van der Waals surface area contributed by atoms with Crippen LogP contribution in [0.25, 0.3) is 0 Å². The summed E-state index contributed by atoms with van der Waals surface area (Å²) >= 11 is 0. The van der Waals surface area contributed by atoms with Crippen molar-refractivity contribution in [3.8, 4) is 0 Å². The third kappa shape index (κ3) is 4.86. The summed E-state index contributed by atoms with van der Waals surface area (Å²) in [6.45, 7) is 0. The number of amides is 1. The third-order valence-corrected chi connectivity index (χ3v) is 4.81. The van der Waals surface area contributed by atoms with Crippen molar-refractivity contribution in [1.82, 2.24) is 0 Å². The summed E-state index contributed by atoms with van der Waals surface area (Å²) < 4.78 is 47.5. The van der Waals surface area contributed by atoms with E-state index in [4.69, 9.17) is 0 Å². The van der Waals surface area contributed by atoms with Gasteiger partial charge in [-0.2, -0.15) is 8.78 Å². The highest BCUT2D eigenvalue weighted by Gasteiger charge is 2.26. The van der Waals surface area contributed by atoms with E-state index in [0.29, 0.717) is 18.5 Å². The highest BCUT2D eigenvalue weighted by Crippen LogP contribution is 2.20. The topological polar surface area (TPSA) is 63.2 Å². The Morgan fingerprint density at radius 3 is 2.21 bits per heavy atom. The van der Waals surface area contributed by atoms with Crippen molar-refractivity contribution >= 4 is 21.4 Å². The Morgan fingerprint density at radius 2 is 1.62 bits per heavy atom. The Bertz CT molecular complexity index is 775. The van der Waals surface area contributed by atoms with E-state index in [9.17, 15) is 22.0 Å². The Balaban J connectivity index is 1.86. The molecule has 0 heterocycles. The molecule has 0 aliphatic carbocycles. The minimum atomic E-state index is -4.61. The number of hydrogen-bond donors (Lipinski definition) is 1. The SMILES string of the molecule is O=C(CCCc1ccccc1)Nc1ccc(S(=O)(=O)C(F)F)cc1. The van der Waals surface area contributed by atoms with Gasteiger partial charge in [0.05, 0.1) is 4.90 Å². The zero-order chi connectivity index (χ0) is 17.6. The fourth-order valence-corrected chi connectivity index (χ4v) is 2.87. The average Bonchev–Trinajstić information content (AvgIpc) is 2.56. The third-order valence-electron chi connectivity index (χ3n) is 3.41. The Morgan fingerprint density at radius 1 is 1.00 bits per heavy atom. The number of halogens is 2. The first kappa shape index (κ1) is 18.1. The van der Waals surface area contributed by atoms with Gasteiger partial charge in [0.25, 0.3) is 0 Å². The van der Waals surface area contributed by atoms with Crippen molar-refractivity contribution in [1.29, 1.82) is 0 Å². The lowest BCUT2D eigenvalue weighted by Gasteiger charge is -2.07. The fourth-order valence-electron chi connectivity index (χ4n) is 2.15. The van der Waals surface area contributed by atoms with Crippen LogP contribution >= 0.6 is 0 Å². The van der Waals surface area contributed by atoms with Crippen LogP contribution in [-0.2, 0) is 21.1 Å². The molecule has 0 aromatic heterocycles. The molecule has 0 aliphatic rings. The summed E-state index contributed by atoms with van der Waals surface area (Å²) in [6, 6.07) is 14.5. The van der Waals surface area contributed by atoms with Gasteiger partial charge in [-0.3, -0.25) is 4.79 Å². The highest BCUT2D eigenvalue weighted by atomic mass is 32.2. The Hall–Kier alpha value is -2.28. The van der Waals surface area contributed by atoms with Crippen LogP contribution in [0.2, 0.25) is 0 Å². The van der Waals surface area contributed by atoms with Gasteiger partial charge >= 0.3 is 5.76 Å². The maximum Gasteiger partial charge on any atom is 0.341 e. The van der Waals surface area contributed by atoms with E-state index >= 15 is 0 Å². The Kier molecular flexibility index (Phi) is 6.03. The lowest BCUT2D eigenvalue weighted by molar-refractivity contribution is -0.116. The highest BCUT2D eigenvalue weighted by molar-refractivity contribution is 7.91. The molecular formula is C17H17F2NO3S. The largest absolute Gasteiger partial charge is 0.341 e. The number of alkyl halides is 2. The lowest BCUT2D eigenvalue weighted by Crippen LogP contribution is -2.13. The van der Waals surface area contributed by atoms with Crippen LogP contribution in [0.4, 0.5) is 14.5 Å². The zero-order valence-corrected chi connectivity index (χ0v) is 13.6. The van der Waals surface area contributed by atoms with Gasteiger partial charge in [-0.15, -0.1) is 0 Å². The van der Waals surface area contributed by atoms with Crippen LogP contribution in [0.3, 0.4) is 0 Å². The lowest BCUT2D eigenvalue weighted by atomic mass is 10.1. The number of carbonyl (C=O) groups is 1. The van der Waals surface area contributed by atoms with E-state index in [-0.39, 0.29) is 5.91 Å². The number of anilines is 1. The molecular weight excluding hydrogens is 336 g/mol. The van der Waals surface area contributed by atoms with Gasteiger partial charge in [0.1, 0.15) is 0 Å². The number of nitrogens with one attached hydrogen (secondary N) is 1. The summed E-state index contributed by atoms with van der Waals surface area (Å²) in [6.07, 6.45) is 1.76. The summed E-state index contributed by atoms with van der Waals surface area (Å²) in [5, 5.41) is 2.61. The molecule has 24 heavy (non-hydrogen) atoms. The summed E-state index contributed by atoms with van der Waals surface area (Å²) in [4.78, 5) is 11.4.